The number of nitrogens with zero attached hydrogens (tertiary/aromatic N) is 1. The van der Waals surface area contributed by atoms with Crippen molar-refractivity contribution in [3.8, 4) is 0 Å². The van der Waals surface area contributed by atoms with Crippen molar-refractivity contribution in [1.82, 2.24) is 4.98 Å². The van der Waals surface area contributed by atoms with Crippen molar-refractivity contribution in [2.24, 2.45) is 0 Å². The molecule has 0 fully saturated rings. The van der Waals surface area contributed by atoms with E-state index in [1.165, 1.54) is 16.2 Å². The summed E-state index contributed by atoms with van der Waals surface area (Å²) in [5, 5.41) is 2.73. The third-order valence-corrected chi connectivity index (χ3v) is 4.45. The van der Waals surface area contributed by atoms with Crippen molar-refractivity contribution in [2.75, 3.05) is 5.73 Å². The van der Waals surface area contributed by atoms with E-state index < -0.39 is 0 Å². The van der Waals surface area contributed by atoms with Crippen LogP contribution in [0.3, 0.4) is 0 Å². The molecule has 74 valence electrons. The Hall–Kier alpha value is -0.390. The minimum absolute atomic E-state index is 0.637. The van der Waals surface area contributed by atoms with Gasteiger partial charge >= 0.3 is 0 Å². The molecule has 2 rings (SSSR count). The number of rotatable bonds is 3. The van der Waals surface area contributed by atoms with Gasteiger partial charge in [-0.15, -0.1) is 11.3 Å². The van der Waals surface area contributed by atoms with E-state index in [-0.39, 0.29) is 0 Å². The molecule has 0 unspecified atom stereocenters. The molecule has 0 aromatic carbocycles. The molecule has 0 spiro atoms. The van der Waals surface area contributed by atoms with Crippen LogP contribution in [0.2, 0.25) is 0 Å². The average molecular weight is 289 g/mol. The van der Waals surface area contributed by atoms with Gasteiger partial charge in [-0.05, 0) is 40.2 Å². The fraction of sp³-hybridized carbons (Fsp3) is 0.222. The summed E-state index contributed by atoms with van der Waals surface area (Å²) >= 11 is 6.74. The van der Waals surface area contributed by atoms with E-state index in [9.17, 15) is 0 Å². The zero-order valence-electron chi connectivity index (χ0n) is 7.37. The standard InChI is InChI=1S/C9H9BrN2S2/c10-8-7(12-9(11)14-8)4-3-6-2-1-5-13-6/h1-2,5H,3-4H2,(H2,11,12). The molecular weight excluding hydrogens is 280 g/mol. The van der Waals surface area contributed by atoms with Crippen LogP contribution in [0.15, 0.2) is 21.3 Å². The number of aromatic nitrogens is 1. The number of aryl methyl sites for hydroxylation is 2. The Labute approximate surface area is 98.9 Å². The van der Waals surface area contributed by atoms with Gasteiger partial charge in [-0.2, -0.15) is 0 Å². The molecule has 14 heavy (non-hydrogen) atoms. The molecule has 2 heterocycles. The molecule has 2 aromatic rings. The van der Waals surface area contributed by atoms with E-state index in [4.69, 9.17) is 5.73 Å². The minimum atomic E-state index is 0.637. The van der Waals surface area contributed by atoms with E-state index in [2.05, 4.69) is 38.4 Å². The number of nitrogens with two attached hydrogens (primary N) is 1. The van der Waals surface area contributed by atoms with Gasteiger partial charge in [0.1, 0.15) is 0 Å². The second kappa shape index (κ2) is 4.42. The van der Waals surface area contributed by atoms with E-state index >= 15 is 0 Å². The van der Waals surface area contributed by atoms with Gasteiger partial charge in [0.15, 0.2) is 5.13 Å². The quantitative estimate of drug-likeness (QED) is 0.941. The highest BCUT2D eigenvalue weighted by Crippen LogP contribution is 2.27. The lowest BCUT2D eigenvalue weighted by Gasteiger charge is -1.94. The number of hydrogen-bond acceptors (Lipinski definition) is 4. The zero-order valence-corrected chi connectivity index (χ0v) is 10.6. The van der Waals surface area contributed by atoms with E-state index in [0.29, 0.717) is 5.13 Å². The molecule has 0 bridgehead atoms. The first-order valence-corrected chi connectivity index (χ1v) is 6.67. The predicted molar refractivity (Wildman–Crippen MR) is 66.0 cm³/mol. The number of nitrogen functional groups attached to an aromatic ring is 1. The van der Waals surface area contributed by atoms with Gasteiger partial charge in [0.25, 0.3) is 0 Å². The molecular formula is C9H9BrN2S2. The first-order valence-electron chi connectivity index (χ1n) is 4.19. The first kappa shape index (κ1) is 10.1. The highest BCUT2D eigenvalue weighted by Gasteiger charge is 2.06. The maximum Gasteiger partial charge on any atom is 0.181 e. The third kappa shape index (κ3) is 2.34. The fourth-order valence-electron chi connectivity index (χ4n) is 1.20. The molecule has 0 aliphatic heterocycles. The Balaban J connectivity index is 2.01. The normalized spacial score (nSPS) is 10.6. The van der Waals surface area contributed by atoms with E-state index in [1.54, 1.807) is 11.3 Å². The second-order valence-corrected chi connectivity index (χ2v) is 6.23. The van der Waals surface area contributed by atoms with Gasteiger partial charge < -0.3 is 5.73 Å². The largest absolute Gasteiger partial charge is 0.375 e. The summed E-state index contributed by atoms with van der Waals surface area (Å²) in [6.45, 7) is 0. The molecule has 0 saturated carbocycles. The maximum absolute atomic E-state index is 5.61. The lowest BCUT2D eigenvalue weighted by Crippen LogP contribution is -1.91. The number of thiophene rings is 1. The number of anilines is 1. The molecule has 0 saturated heterocycles. The summed E-state index contributed by atoms with van der Waals surface area (Å²) < 4.78 is 1.06. The van der Waals surface area contributed by atoms with Crippen LogP contribution in [0, 0.1) is 0 Å². The summed E-state index contributed by atoms with van der Waals surface area (Å²) in [6, 6.07) is 4.22. The molecule has 2 aromatic heterocycles. The molecule has 5 heteroatoms. The Morgan fingerprint density at radius 3 is 2.86 bits per heavy atom. The van der Waals surface area contributed by atoms with Crippen LogP contribution in [0.25, 0.3) is 0 Å². The molecule has 0 amide bonds. The second-order valence-electron chi connectivity index (χ2n) is 2.85. The Morgan fingerprint density at radius 1 is 1.43 bits per heavy atom. The van der Waals surface area contributed by atoms with Gasteiger partial charge in [0, 0.05) is 4.88 Å². The van der Waals surface area contributed by atoms with Crippen LogP contribution >= 0.6 is 38.6 Å². The fourth-order valence-corrected chi connectivity index (χ4v) is 3.30. The van der Waals surface area contributed by atoms with Crippen LogP contribution in [-0.4, -0.2) is 4.98 Å². The van der Waals surface area contributed by atoms with Crippen LogP contribution in [0.5, 0.6) is 0 Å². The SMILES string of the molecule is Nc1nc(CCc2cccs2)c(Br)s1. The van der Waals surface area contributed by atoms with Gasteiger partial charge in [0.05, 0.1) is 9.48 Å². The maximum atomic E-state index is 5.61. The van der Waals surface area contributed by atoms with Crippen LogP contribution in [-0.2, 0) is 12.8 Å². The van der Waals surface area contributed by atoms with Crippen molar-refractivity contribution < 1.29 is 0 Å². The number of halogens is 1. The Bertz CT molecular complexity index is 408. The van der Waals surface area contributed by atoms with Crippen molar-refractivity contribution in [3.05, 3.63) is 31.9 Å². The van der Waals surface area contributed by atoms with Gasteiger partial charge in [0.2, 0.25) is 0 Å². The molecule has 0 aliphatic rings. The van der Waals surface area contributed by atoms with Gasteiger partial charge in [-0.3, -0.25) is 0 Å². The predicted octanol–water partition coefficient (Wildman–Crippen LogP) is 3.33. The first-order chi connectivity index (χ1) is 6.75. The Kier molecular flexibility index (Phi) is 3.20. The number of thiazole rings is 1. The third-order valence-electron chi connectivity index (χ3n) is 1.85. The Morgan fingerprint density at radius 2 is 2.29 bits per heavy atom. The highest BCUT2D eigenvalue weighted by molar-refractivity contribution is 9.11. The van der Waals surface area contributed by atoms with E-state index in [0.717, 1.165) is 22.3 Å². The zero-order chi connectivity index (χ0) is 9.97. The molecule has 2 N–H and O–H groups in total. The average Bonchev–Trinajstić information content (AvgIpc) is 2.72. The highest BCUT2D eigenvalue weighted by atomic mass is 79.9. The van der Waals surface area contributed by atoms with Crippen molar-refractivity contribution in [2.45, 2.75) is 12.8 Å². The molecule has 0 atom stereocenters. The summed E-state index contributed by atoms with van der Waals surface area (Å²) in [5.74, 6) is 0. The lowest BCUT2D eigenvalue weighted by atomic mass is 10.2. The van der Waals surface area contributed by atoms with Crippen LogP contribution in [0.4, 0.5) is 5.13 Å². The summed E-state index contributed by atoms with van der Waals surface area (Å²) in [5.41, 5.74) is 6.68. The van der Waals surface area contributed by atoms with Crippen molar-refractivity contribution in [1.29, 1.82) is 0 Å². The minimum Gasteiger partial charge on any atom is -0.375 e. The van der Waals surface area contributed by atoms with Gasteiger partial charge in [-0.1, -0.05) is 17.4 Å². The summed E-state index contributed by atoms with van der Waals surface area (Å²) in [6.07, 6.45) is 1.99. The van der Waals surface area contributed by atoms with Crippen LogP contribution < -0.4 is 5.73 Å². The smallest absolute Gasteiger partial charge is 0.181 e. The number of hydrogen-bond donors (Lipinski definition) is 1. The van der Waals surface area contributed by atoms with Crippen molar-refractivity contribution in [3.63, 3.8) is 0 Å². The summed E-state index contributed by atoms with van der Waals surface area (Å²) in [7, 11) is 0. The molecule has 2 nitrogen and oxygen atoms in total. The van der Waals surface area contributed by atoms with Crippen molar-refractivity contribution >= 4 is 43.7 Å². The molecule has 0 radical (unpaired) electrons. The lowest BCUT2D eigenvalue weighted by molar-refractivity contribution is 0.939. The topological polar surface area (TPSA) is 38.9 Å². The van der Waals surface area contributed by atoms with E-state index in [1.807, 2.05) is 0 Å². The molecule has 0 aliphatic carbocycles. The summed E-state index contributed by atoms with van der Waals surface area (Å²) in [4.78, 5) is 5.66. The van der Waals surface area contributed by atoms with Crippen LogP contribution in [0.1, 0.15) is 10.6 Å². The monoisotopic (exact) mass is 288 g/mol. The van der Waals surface area contributed by atoms with Gasteiger partial charge in [-0.25, -0.2) is 4.98 Å².